The zero-order valence-corrected chi connectivity index (χ0v) is 22.4. The Morgan fingerprint density at radius 1 is 0.939 bits per heavy atom. The maximum absolute atomic E-state index is 13.1. The quantitative estimate of drug-likeness (QED) is 0.198. The van der Waals surface area contributed by atoms with Gasteiger partial charge < -0.3 is 4.74 Å². The van der Waals surface area contributed by atoms with Crippen molar-refractivity contribution in [3.8, 4) is 5.75 Å². The normalized spacial score (nSPS) is 15.1. The van der Waals surface area contributed by atoms with Gasteiger partial charge >= 0.3 is 0 Å². The molecule has 5 nitrogen and oxygen atoms in total. The Bertz CT molecular complexity index is 1290. The van der Waals surface area contributed by atoms with E-state index in [9.17, 15) is 9.59 Å². The topological polar surface area (TPSA) is 58.6 Å². The average Bonchev–Trinajstić information content (AvgIpc) is 2.77. The van der Waals surface area contributed by atoms with Crippen LogP contribution in [-0.2, 0) is 16.2 Å². The average molecular weight is 651 g/mol. The SMILES string of the molecule is O=C1NC(=S)N(c2cccc(Br)c2)C(=O)/C1=C/c1ccc(OCc2ccc(Br)cc2Br)cc1. The van der Waals surface area contributed by atoms with Gasteiger partial charge in [-0.2, -0.15) is 0 Å². The van der Waals surface area contributed by atoms with Crippen molar-refractivity contribution in [2.75, 3.05) is 4.90 Å². The van der Waals surface area contributed by atoms with E-state index in [0.717, 1.165) is 19.0 Å². The second kappa shape index (κ2) is 10.3. The van der Waals surface area contributed by atoms with Crippen LogP contribution in [0.4, 0.5) is 5.69 Å². The molecule has 1 saturated heterocycles. The summed E-state index contributed by atoms with van der Waals surface area (Å²) >= 11 is 15.6. The van der Waals surface area contributed by atoms with Gasteiger partial charge in [-0.05, 0) is 66.3 Å². The highest BCUT2D eigenvalue weighted by molar-refractivity contribution is 9.11. The molecule has 33 heavy (non-hydrogen) atoms. The standard InChI is InChI=1S/C24H15Br3N2O3S/c25-16-2-1-3-18(11-16)29-23(31)20(22(30)28-24(29)33)10-14-4-8-19(9-5-14)32-13-15-6-7-17(26)12-21(15)27/h1-12H,13H2,(H,28,30,33)/b20-10+. The fourth-order valence-electron chi connectivity index (χ4n) is 3.13. The molecule has 1 aliphatic rings. The number of ether oxygens (including phenoxy) is 1. The van der Waals surface area contributed by atoms with E-state index in [1.54, 1.807) is 48.5 Å². The van der Waals surface area contributed by atoms with Gasteiger partial charge in [0.05, 0.1) is 5.69 Å². The van der Waals surface area contributed by atoms with Crippen LogP contribution in [0, 0.1) is 0 Å². The third-order valence-corrected chi connectivity index (χ3v) is 6.78. The molecule has 0 aliphatic carbocycles. The Morgan fingerprint density at radius 2 is 1.67 bits per heavy atom. The summed E-state index contributed by atoms with van der Waals surface area (Å²) in [5.41, 5.74) is 2.26. The summed E-state index contributed by atoms with van der Waals surface area (Å²) < 4.78 is 8.59. The van der Waals surface area contributed by atoms with Crippen LogP contribution >= 0.6 is 60.0 Å². The summed E-state index contributed by atoms with van der Waals surface area (Å²) in [5, 5.41) is 2.63. The number of nitrogens with one attached hydrogen (secondary N) is 1. The summed E-state index contributed by atoms with van der Waals surface area (Å²) in [5.74, 6) is -0.345. The number of carbonyl (C=O) groups is 2. The molecule has 0 aromatic heterocycles. The van der Waals surface area contributed by atoms with E-state index in [4.69, 9.17) is 17.0 Å². The monoisotopic (exact) mass is 648 g/mol. The van der Waals surface area contributed by atoms with Crippen molar-refractivity contribution in [3.05, 3.63) is 96.8 Å². The Labute approximate surface area is 221 Å². The van der Waals surface area contributed by atoms with Crippen LogP contribution in [0.1, 0.15) is 11.1 Å². The highest BCUT2D eigenvalue weighted by atomic mass is 79.9. The molecule has 0 radical (unpaired) electrons. The molecule has 0 bridgehead atoms. The molecule has 1 aliphatic heterocycles. The third kappa shape index (κ3) is 5.60. The fraction of sp³-hybridized carbons (Fsp3) is 0.0417. The molecule has 166 valence electrons. The van der Waals surface area contributed by atoms with Crippen molar-refractivity contribution in [1.82, 2.24) is 5.32 Å². The van der Waals surface area contributed by atoms with Crippen LogP contribution in [0.3, 0.4) is 0 Å². The highest BCUT2D eigenvalue weighted by Gasteiger charge is 2.34. The van der Waals surface area contributed by atoms with Gasteiger partial charge in [-0.25, -0.2) is 0 Å². The lowest BCUT2D eigenvalue weighted by atomic mass is 10.1. The Hall–Kier alpha value is -2.33. The van der Waals surface area contributed by atoms with E-state index in [1.807, 2.05) is 24.3 Å². The first-order valence-corrected chi connectivity index (χ1v) is 12.4. The zero-order chi connectivity index (χ0) is 23.5. The van der Waals surface area contributed by atoms with Gasteiger partial charge in [0.2, 0.25) is 0 Å². The molecule has 1 N–H and O–H groups in total. The molecule has 3 aromatic carbocycles. The van der Waals surface area contributed by atoms with E-state index >= 15 is 0 Å². The van der Waals surface area contributed by atoms with Gasteiger partial charge in [0.25, 0.3) is 11.8 Å². The number of carbonyl (C=O) groups excluding carboxylic acids is 2. The van der Waals surface area contributed by atoms with Gasteiger partial charge in [0.1, 0.15) is 17.9 Å². The van der Waals surface area contributed by atoms with Crippen molar-refractivity contribution in [1.29, 1.82) is 0 Å². The fourth-order valence-corrected chi connectivity index (χ4v) is 4.96. The number of thiocarbonyl (C=S) groups is 1. The minimum atomic E-state index is -0.531. The highest BCUT2D eigenvalue weighted by Crippen LogP contribution is 2.26. The van der Waals surface area contributed by atoms with E-state index in [2.05, 4.69) is 53.1 Å². The predicted octanol–water partition coefficient (Wildman–Crippen LogP) is 6.38. The number of anilines is 1. The molecule has 1 fully saturated rings. The molecule has 0 atom stereocenters. The van der Waals surface area contributed by atoms with Crippen molar-refractivity contribution in [3.63, 3.8) is 0 Å². The largest absolute Gasteiger partial charge is 0.489 e. The van der Waals surface area contributed by atoms with Gasteiger partial charge in [-0.3, -0.25) is 19.8 Å². The zero-order valence-electron chi connectivity index (χ0n) is 16.8. The number of halogens is 3. The number of nitrogens with zero attached hydrogens (tertiary/aromatic N) is 1. The maximum atomic E-state index is 13.1. The number of rotatable bonds is 5. The Morgan fingerprint density at radius 3 is 2.36 bits per heavy atom. The number of benzene rings is 3. The van der Waals surface area contributed by atoms with E-state index in [-0.39, 0.29) is 10.7 Å². The summed E-state index contributed by atoms with van der Waals surface area (Å²) in [4.78, 5) is 26.9. The van der Waals surface area contributed by atoms with Crippen molar-refractivity contribution < 1.29 is 14.3 Å². The van der Waals surface area contributed by atoms with Crippen LogP contribution in [0.5, 0.6) is 5.75 Å². The Kier molecular flexibility index (Phi) is 7.43. The number of amides is 2. The molecule has 4 rings (SSSR count). The molecule has 9 heteroatoms. The van der Waals surface area contributed by atoms with E-state index in [1.165, 1.54) is 4.90 Å². The first kappa shape index (κ1) is 23.8. The smallest absolute Gasteiger partial charge is 0.270 e. The number of hydrogen-bond acceptors (Lipinski definition) is 4. The lowest BCUT2D eigenvalue weighted by Gasteiger charge is -2.29. The van der Waals surface area contributed by atoms with Gasteiger partial charge in [0.15, 0.2) is 5.11 Å². The van der Waals surface area contributed by atoms with Crippen LogP contribution < -0.4 is 15.0 Å². The Balaban J connectivity index is 1.52. The van der Waals surface area contributed by atoms with Crippen molar-refractivity contribution in [2.24, 2.45) is 0 Å². The minimum Gasteiger partial charge on any atom is -0.489 e. The molecule has 0 unspecified atom stereocenters. The minimum absolute atomic E-state index is 0.00367. The van der Waals surface area contributed by atoms with Gasteiger partial charge in [0, 0.05) is 19.0 Å². The first-order valence-electron chi connectivity index (χ1n) is 9.65. The van der Waals surface area contributed by atoms with E-state index in [0.29, 0.717) is 23.6 Å². The predicted molar refractivity (Wildman–Crippen MR) is 143 cm³/mol. The number of hydrogen-bond donors (Lipinski definition) is 1. The van der Waals surface area contributed by atoms with Crippen molar-refractivity contribution >= 4 is 88.7 Å². The molecule has 0 spiro atoms. The van der Waals surface area contributed by atoms with E-state index < -0.39 is 11.8 Å². The molecule has 0 saturated carbocycles. The van der Waals surface area contributed by atoms with Gasteiger partial charge in [-0.15, -0.1) is 0 Å². The first-order chi connectivity index (χ1) is 15.8. The summed E-state index contributed by atoms with van der Waals surface area (Å²) in [7, 11) is 0. The third-order valence-electron chi connectivity index (χ3n) is 4.77. The maximum Gasteiger partial charge on any atom is 0.270 e. The summed E-state index contributed by atoms with van der Waals surface area (Å²) in [6, 6.07) is 20.2. The van der Waals surface area contributed by atoms with Crippen LogP contribution in [0.25, 0.3) is 6.08 Å². The molecule has 3 aromatic rings. The lowest BCUT2D eigenvalue weighted by Crippen LogP contribution is -2.54. The molecule has 2 amide bonds. The van der Waals surface area contributed by atoms with Crippen LogP contribution in [-0.4, -0.2) is 16.9 Å². The molecule has 1 heterocycles. The lowest BCUT2D eigenvalue weighted by molar-refractivity contribution is -0.122. The second-order valence-electron chi connectivity index (χ2n) is 7.03. The van der Waals surface area contributed by atoms with Crippen LogP contribution in [0.2, 0.25) is 0 Å². The summed E-state index contributed by atoms with van der Waals surface area (Å²) in [6.07, 6.45) is 1.54. The van der Waals surface area contributed by atoms with Gasteiger partial charge in [-0.1, -0.05) is 72.1 Å². The van der Waals surface area contributed by atoms with Crippen molar-refractivity contribution in [2.45, 2.75) is 6.61 Å². The molecular formula is C24H15Br3N2O3S. The summed E-state index contributed by atoms with van der Waals surface area (Å²) in [6.45, 7) is 0.397. The second-order valence-corrected chi connectivity index (χ2v) is 10.1. The van der Waals surface area contributed by atoms with Crippen LogP contribution in [0.15, 0.2) is 85.7 Å². The molecular weight excluding hydrogens is 636 g/mol.